The fourth-order valence-corrected chi connectivity index (χ4v) is 6.21. The summed E-state index contributed by atoms with van der Waals surface area (Å²) in [5.41, 5.74) is 7.61. The standard InChI is InChI=1S/C27H33Cl2N7O/c1-2-21-17-35(27-23(29)15-19(16-33-27)26-31-9-10-32-26)13-14-36(21)22-7-11-34(12-8-22)24(25(30)37)18-3-5-20(28)6-4-18/h3-6,9-10,15-16,21-22,24H,2,7-8,11-14,17H2,1H3,(H2,30,37)(H,31,32)/t21-,24+/m0/s1. The molecule has 2 atom stereocenters. The largest absolute Gasteiger partial charge is 0.368 e. The Kier molecular flexibility index (Phi) is 8.00. The maximum atomic E-state index is 12.4. The van der Waals surface area contributed by atoms with Gasteiger partial charge in [0.1, 0.15) is 17.7 Å². The Balaban J connectivity index is 1.22. The number of imidazole rings is 1. The molecule has 0 unspecified atom stereocenters. The van der Waals surface area contributed by atoms with E-state index >= 15 is 0 Å². The lowest BCUT2D eigenvalue weighted by atomic mass is 9.95. The minimum Gasteiger partial charge on any atom is -0.368 e. The summed E-state index contributed by atoms with van der Waals surface area (Å²) >= 11 is 12.7. The van der Waals surface area contributed by atoms with Gasteiger partial charge in [-0.05, 0) is 43.0 Å². The van der Waals surface area contributed by atoms with Crippen LogP contribution < -0.4 is 10.6 Å². The van der Waals surface area contributed by atoms with Gasteiger partial charge in [-0.25, -0.2) is 9.97 Å². The van der Waals surface area contributed by atoms with Crippen LogP contribution >= 0.6 is 23.2 Å². The molecule has 37 heavy (non-hydrogen) atoms. The van der Waals surface area contributed by atoms with E-state index in [1.54, 1.807) is 12.4 Å². The molecule has 3 N–H and O–H groups in total. The van der Waals surface area contributed by atoms with Crippen molar-refractivity contribution in [2.24, 2.45) is 5.73 Å². The second kappa shape index (κ2) is 11.4. The predicted molar refractivity (Wildman–Crippen MR) is 148 cm³/mol. The van der Waals surface area contributed by atoms with Crippen molar-refractivity contribution in [3.63, 3.8) is 0 Å². The third-order valence-electron chi connectivity index (χ3n) is 7.68. The number of pyridine rings is 1. The van der Waals surface area contributed by atoms with Crippen LogP contribution in [0.15, 0.2) is 48.9 Å². The SMILES string of the molecule is CC[C@H]1CN(c2ncc(-c3ncc[nH]3)cc2Cl)CCN1C1CCN([C@@H](C(N)=O)c2ccc(Cl)cc2)CC1. The van der Waals surface area contributed by atoms with Gasteiger partial charge in [0.2, 0.25) is 5.91 Å². The van der Waals surface area contributed by atoms with E-state index in [1.165, 1.54) is 0 Å². The van der Waals surface area contributed by atoms with Crippen LogP contribution in [0.4, 0.5) is 5.82 Å². The molecule has 196 valence electrons. The summed E-state index contributed by atoms with van der Waals surface area (Å²) in [5, 5.41) is 1.30. The number of carbonyl (C=O) groups excluding carboxylic acids is 1. The molecule has 2 fully saturated rings. The third kappa shape index (κ3) is 5.62. The Labute approximate surface area is 227 Å². The van der Waals surface area contributed by atoms with Crippen molar-refractivity contribution in [3.8, 4) is 11.4 Å². The lowest BCUT2D eigenvalue weighted by Crippen LogP contribution is -2.59. The van der Waals surface area contributed by atoms with Crippen molar-refractivity contribution < 1.29 is 4.79 Å². The Bertz CT molecular complexity index is 1200. The number of likely N-dealkylation sites (tertiary alicyclic amines) is 1. The van der Waals surface area contributed by atoms with Crippen LogP contribution in [0.2, 0.25) is 10.0 Å². The molecule has 8 nitrogen and oxygen atoms in total. The number of primary amides is 1. The first-order valence-corrected chi connectivity index (χ1v) is 13.6. The van der Waals surface area contributed by atoms with E-state index in [1.807, 2.05) is 36.5 Å². The van der Waals surface area contributed by atoms with Crippen molar-refractivity contribution in [2.75, 3.05) is 37.6 Å². The topological polar surface area (TPSA) is 94.4 Å². The van der Waals surface area contributed by atoms with Gasteiger partial charge in [0.15, 0.2) is 0 Å². The molecule has 4 heterocycles. The number of carbonyl (C=O) groups is 1. The van der Waals surface area contributed by atoms with Gasteiger partial charge in [0.25, 0.3) is 0 Å². The maximum absolute atomic E-state index is 12.4. The van der Waals surface area contributed by atoms with Crippen LogP contribution in [0.3, 0.4) is 0 Å². The molecule has 0 saturated carbocycles. The zero-order valence-corrected chi connectivity index (χ0v) is 22.5. The molecule has 2 aliphatic rings. The zero-order chi connectivity index (χ0) is 25.9. The monoisotopic (exact) mass is 541 g/mol. The van der Waals surface area contributed by atoms with Gasteiger partial charge in [-0.1, -0.05) is 42.3 Å². The van der Waals surface area contributed by atoms with Gasteiger partial charge in [0, 0.05) is 74.0 Å². The number of nitrogens with one attached hydrogen (secondary N) is 1. The molecule has 1 aromatic carbocycles. The molecular weight excluding hydrogens is 509 g/mol. The normalized spacial score (nSPS) is 20.7. The summed E-state index contributed by atoms with van der Waals surface area (Å²) in [6, 6.07) is 9.83. The summed E-state index contributed by atoms with van der Waals surface area (Å²) in [4.78, 5) is 31.6. The number of amides is 1. The highest BCUT2D eigenvalue weighted by atomic mass is 35.5. The van der Waals surface area contributed by atoms with Crippen molar-refractivity contribution in [1.29, 1.82) is 0 Å². The predicted octanol–water partition coefficient (Wildman–Crippen LogP) is 4.37. The fourth-order valence-electron chi connectivity index (χ4n) is 5.80. The van der Waals surface area contributed by atoms with E-state index in [2.05, 4.69) is 31.6 Å². The average Bonchev–Trinajstić information content (AvgIpc) is 3.45. The molecule has 0 radical (unpaired) electrons. The summed E-state index contributed by atoms with van der Waals surface area (Å²) < 4.78 is 0. The van der Waals surface area contributed by atoms with E-state index in [9.17, 15) is 4.79 Å². The number of benzene rings is 1. The second-order valence-electron chi connectivity index (χ2n) is 9.84. The quantitative estimate of drug-likeness (QED) is 0.461. The number of piperazine rings is 1. The van der Waals surface area contributed by atoms with Crippen LogP contribution in [0.1, 0.15) is 37.8 Å². The van der Waals surface area contributed by atoms with Crippen molar-refractivity contribution >= 4 is 34.9 Å². The Hall–Kier alpha value is -2.65. The number of halogens is 2. The van der Waals surface area contributed by atoms with E-state index in [-0.39, 0.29) is 5.91 Å². The first-order valence-electron chi connectivity index (χ1n) is 12.9. The number of piperidine rings is 1. The Morgan fingerprint density at radius 1 is 1.14 bits per heavy atom. The number of nitrogens with two attached hydrogens (primary N) is 1. The van der Waals surface area contributed by atoms with E-state index < -0.39 is 6.04 Å². The summed E-state index contributed by atoms with van der Waals surface area (Å²) in [6.07, 6.45) is 8.40. The number of H-pyrrole nitrogens is 1. The van der Waals surface area contributed by atoms with Gasteiger partial charge < -0.3 is 15.6 Å². The molecule has 2 saturated heterocycles. The van der Waals surface area contributed by atoms with Gasteiger partial charge in [-0.15, -0.1) is 0 Å². The molecule has 0 aliphatic carbocycles. The van der Waals surface area contributed by atoms with E-state index in [0.717, 1.165) is 74.8 Å². The number of aromatic nitrogens is 3. The number of hydrogen-bond donors (Lipinski definition) is 2. The molecule has 0 bridgehead atoms. The molecule has 10 heteroatoms. The second-order valence-corrected chi connectivity index (χ2v) is 10.7. The van der Waals surface area contributed by atoms with Crippen LogP contribution in [0.25, 0.3) is 11.4 Å². The molecule has 1 amide bonds. The fraction of sp³-hybridized carbons (Fsp3) is 0.444. The summed E-state index contributed by atoms with van der Waals surface area (Å²) in [6.45, 7) is 6.63. The van der Waals surface area contributed by atoms with E-state index in [0.29, 0.717) is 22.1 Å². The number of aromatic amines is 1. The lowest BCUT2D eigenvalue weighted by molar-refractivity contribution is -0.124. The Morgan fingerprint density at radius 3 is 2.51 bits per heavy atom. The highest BCUT2D eigenvalue weighted by Gasteiger charge is 2.36. The first kappa shape index (κ1) is 26.0. The smallest absolute Gasteiger partial charge is 0.239 e. The molecular formula is C27H33Cl2N7O. The molecule has 5 rings (SSSR count). The number of anilines is 1. The van der Waals surface area contributed by atoms with Gasteiger partial charge in [-0.2, -0.15) is 0 Å². The molecule has 3 aromatic rings. The number of nitrogens with zero attached hydrogens (tertiary/aromatic N) is 5. The van der Waals surface area contributed by atoms with Crippen LogP contribution in [-0.2, 0) is 4.79 Å². The minimum atomic E-state index is -0.422. The van der Waals surface area contributed by atoms with Crippen LogP contribution in [0.5, 0.6) is 0 Å². The lowest BCUT2D eigenvalue weighted by Gasteiger charge is -2.48. The van der Waals surface area contributed by atoms with Gasteiger partial charge in [0.05, 0.1) is 5.02 Å². The highest BCUT2D eigenvalue weighted by Crippen LogP contribution is 2.32. The van der Waals surface area contributed by atoms with Crippen molar-refractivity contribution in [3.05, 3.63) is 64.5 Å². The highest BCUT2D eigenvalue weighted by molar-refractivity contribution is 6.33. The molecule has 2 aromatic heterocycles. The summed E-state index contributed by atoms with van der Waals surface area (Å²) in [7, 11) is 0. The average molecular weight is 543 g/mol. The van der Waals surface area contributed by atoms with Crippen molar-refractivity contribution in [1.82, 2.24) is 24.8 Å². The number of rotatable bonds is 7. The molecule has 0 spiro atoms. The van der Waals surface area contributed by atoms with Crippen LogP contribution in [0, 0.1) is 0 Å². The van der Waals surface area contributed by atoms with Crippen molar-refractivity contribution in [2.45, 2.75) is 44.3 Å². The first-order chi connectivity index (χ1) is 17.9. The zero-order valence-electron chi connectivity index (χ0n) is 21.0. The number of hydrogen-bond acceptors (Lipinski definition) is 6. The van der Waals surface area contributed by atoms with Crippen LogP contribution in [-0.4, -0.2) is 75.5 Å². The van der Waals surface area contributed by atoms with Gasteiger partial charge >= 0.3 is 0 Å². The van der Waals surface area contributed by atoms with E-state index in [4.69, 9.17) is 33.9 Å². The Morgan fingerprint density at radius 2 is 1.89 bits per heavy atom. The maximum Gasteiger partial charge on any atom is 0.239 e. The minimum absolute atomic E-state index is 0.316. The van der Waals surface area contributed by atoms with Gasteiger partial charge in [-0.3, -0.25) is 14.6 Å². The molecule has 2 aliphatic heterocycles. The third-order valence-corrected chi connectivity index (χ3v) is 8.21. The summed E-state index contributed by atoms with van der Waals surface area (Å²) in [5.74, 6) is 1.28.